The van der Waals surface area contributed by atoms with E-state index in [0.29, 0.717) is 6.54 Å². The van der Waals surface area contributed by atoms with Crippen LogP contribution in [-0.2, 0) is 11.2 Å². The molecule has 1 amide bonds. The maximum absolute atomic E-state index is 12.0. The largest absolute Gasteiger partial charge is 0.395 e. The van der Waals surface area contributed by atoms with Gasteiger partial charge in [0.1, 0.15) is 0 Å². The molecule has 0 aliphatic heterocycles. The van der Waals surface area contributed by atoms with E-state index in [4.69, 9.17) is 0 Å². The van der Waals surface area contributed by atoms with Crippen LogP contribution >= 0.6 is 0 Å². The molecule has 4 heteroatoms. The third kappa shape index (κ3) is 2.64. The van der Waals surface area contributed by atoms with E-state index in [0.717, 1.165) is 24.8 Å². The highest BCUT2D eigenvalue weighted by molar-refractivity contribution is 5.85. The molecule has 4 nitrogen and oxygen atoms in total. The summed E-state index contributed by atoms with van der Waals surface area (Å²) in [7, 11) is 1.80. The van der Waals surface area contributed by atoms with Gasteiger partial charge in [0.05, 0.1) is 12.0 Å². The SMILES string of the molecule is CN(CCc1cccnc1)C(=O)C1(CO)CC1. The van der Waals surface area contributed by atoms with Crippen LogP contribution in [0.5, 0.6) is 0 Å². The van der Waals surface area contributed by atoms with Gasteiger partial charge >= 0.3 is 0 Å². The predicted molar refractivity (Wildman–Crippen MR) is 64.3 cm³/mol. The molecule has 1 fully saturated rings. The third-order valence-corrected chi connectivity index (χ3v) is 3.42. The van der Waals surface area contributed by atoms with Crippen molar-refractivity contribution in [3.63, 3.8) is 0 Å². The fourth-order valence-corrected chi connectivity index (χ4v) is 1.94. The van der Waals surface area contributed by atoms with Crippen molar-refractivity contribution in [2.24, 2.45) is 5.41 Å². The van der Waals surface area contributed by atoms with E-state index in [1.54, 1.807) is 18.1 Å². The highest BCUT2D eigenvalue weighted by atomic mass is 16.3. The van der Waals surface area contributed by atoms with Crippen LogP contribution in [0, 0.1) is 5.41 Å². The van der Waals surface area contributed by atoms with Crippen molar-refractivity contribution in [1.29, 1.82) is 0 Å². The zero-order chi connectivity index (χ0) is 12.3. The lowest BCUT2D eigenvalue weighted by Crippen LogP contribution is -2.37. The van der Waals surface area contributed by atoms with Crippen molar-refractivity contribution in [3.05, 3.63) is 30.1 Å². The average Bonchev–Trinajstić information content (AvgIpc) is 3.17. The van der Waals surface area contributed by atoms with Gasteiger partial charge in [0.2, 0.25) is 5.91 Å². The molecule has 0 saturated heterocycles. The number of amides is 1. The van der Waals surface area contributed by atoms with Crippen LogP contribution in [0.1, 0.15) is 18.4 Å². The smallest absolute Gasteiger partial charge is 0.230 e. The normalized spacial score (nSPS) is 16.6. The van der Waals surface area contributed by atoms with Gasteiger partial charge in [-0.25, -0.2) is 0 Å². The van der Waals surface area contributed by atoms with E-state index in [9.17, 15) is 9.90 Å². The van der Waals surface area contributed by atoms with Gasteiger partial charge in [0.25, 0.3) is 0 Å². The quantitative estimate of drug-likeness (QED) is 0.822. The van der Waals surface area contributed by atoms with Gasteiger partial charge in [0, 0.05) is 26.0 Å². The van der Waals surface area contributed by atoms with Crippen molar-refractivity contribution in [1.82, 2.24) is 9.88 Å². The summed E-state index contributed by atoms with van der Waals surface area (Å²) in [6, 6.07) is 3.90. The minimum absolute atomic E-state index is 0.0247. The Kier molecular flexibility index (Phi) is 3.43. The minimum atomic E-state index is -0.455. The topological polar surface area (TPSA) is 53.4 Å². The molecule has 1 saturated carbocycles. The lowest BCUT2D eigenvalue weighted by molar-refractivity contribution is -0.137. The van der Waals surface area contributed by atoms with Crippen LogP contribution in [0.15, 0.2) is 24.5 Å². The number of carbonyl (C=O) groups excluding carboxylic acids is 1. The van der Waals surface area contributed by atoms with Crippen molar-refractivity contribution in [3.8, 4) is 0 Å². The summed E-state index contributed by atoms with van der Waals surface area (Å²) in [5, 5.41) is 9.20. The van der Waals surface area contributed by atoms with Gasteiger partial charge in [-0.15, -0.1) is 0 Å². The molecule has 0 unspecified atom stereocenters. The number of pyridine rings is 1. The Balaban J connectivity index is 1.86. The van der Waals surface area contributed by atoms with E-state index in [2.05, 4.69) is 4.98 Å². The number of hydrogen-bond acceptors (Lipinski definition) is 3. The molecular weight excluding hydrogens is 216 g/mol. The molecule has 1 aliphatic carbocycles. The van der Waals surface area contributed by atoms with Gasteiger partial charge in [-0.1, -0.05) is 6.07 Å². The van der Waals surface area contributed by atoms with E-state index in [1.807, 2.05) is 18.3 Å². The second-order valence-corrected chi connectivity index (χ2v) is 4.78. The second-order valence-electron chi connectivity index (χ2n) is 4.78. The maximum atomic E-state index is 12.0. The molecule has 1 N–H and O–H groups in total. The molecule has 92 valence electrons. The summed E-state index contributed by atoms with van der Waals surface area (Å²) < 4.78 is 0. The molecule has 17 heavy (non-hydrogen) atoms. The van der Waals surface area contributed by atoms with Crippen molar-refractivity contribution < 1.29 is 9.90 Å². The number of hydrogen-bond donors (Lipinski definition) is 1. The molecule has 1 aromatic heterocycles. The first-order valence-corrected chi connectivity index (χ1v) is 5.93. The number of rotatable bonds is 5. The first kappa shape index (κ1) is 12.0. The van der Waals surface area contributed by atoms with E-state index in [1.165, 1.54) is 0 Å². The van der Waals surface area contributed by atoms with Crippen LogP contribution in [0.2, 0.25) is 0 Å². The molecule has 0 radical (unpaired) electrons. The van der Waals surface area contributed by atoms with Gasteiger partial charge < -0.3 is 10.0 Å². The lowest BCUT2D eigenvalue weighted by Gasteiger charge is -2.22. The number of aliphatic hydroxyl groups is 1. The highest BCUT2D eigenvalue weighted by Crippen LogP contribution is 2.46. The van der Waals surface area contributed by atoms with Crippen LogP contribution in [-0.4, -0.2) is 41.1 Å². The number of aromatic nitrogens is 1. The Morgan fingerprint density at radius 3 is 2.88 bits per heavy atom. The van der Waals surface area contributed by atoms with Gasteiger partial charge in [-0.2, -0.15) is 0 Å². The Hall–Kier alpha value is -1.42. The molecule has 2 rings (SSSR count). The first-order valence-electron chi connectivity index (χ1n) is 5.93. The van der Waals surface area contributed by atoms with Crippen molar-refractivity contribution >= 4 is 5.91 Å². The van der Waals surface area contributed by atoms with Crippen LogP contribution in [0.4, 0.5) is 0 Å². The zero-order valence-electron chi connectivity index (χ0n) is 10.1. The standard InChI is InChI=1S/C13H18N2O2/c1-15(12(17)13(10-16)5-6-13)8-4-11-3-2-7-14-9-11/h2-3,7,9,16H,4-6,8,10H2,1H3. The van der Waals surface area contributed by atoms with Gasteiger partial charge in [-0.3, -0.25) is 9.78 Å². The number of aliphatic hydroxyl groups excluding tert-OH is 1. The Morgan fingerprint density at radius 2 is 2.35 bits per heavy atom. The van der Waals surface area contributed by atoms with Gasteiger partial charge in [0.15, 0.2) is 0 Å². The van der Waals surface area contributed by atoms with Crippen molar-refractivity contribution in [2.45, 2.75) is 19.3 Å². The fourth-order valence-electron chi connectivity index (χ4n) is 1.94. The monoisotopic (exact) mass is 234 g/mol. The minimum Gasteiger partial charge on any atom is -0.395 e. The molecule has 0 bridgehead atoms. The Bertz CT molecular complexity index is 388. The van der Waals surface area contributed by atoms with Crippen LogP contribution < -0.4 is 0 Å². The lowest BCUT2D eigenvalue weighted by atomic mass is 10.1. The van der Waals surface area contributed by atoms with E-state index >= 15 is 0 Å². The maximum Gasteiger partial charge on any atom is 0.230 e. The molecule has 1 aliphatic rings. The number of nitrogens with zero attached hydrogens (tertiary/aromatic N) is 2. The van der Waals surface area contributed by atoms with Crippen LogP contribution in [0.3, 0.4) is 0 Å². The summed E-state index contributed by atoms with van der Waals surface area (Å²) in [5.74, 6) is 0.0730. The fraction of sp³-hybridized carbons (Fsp3) is 0.538. The molecule has 0 atom stereocenters. The van der Waals surface area contributed by atoms with E-state index < -0.39 is 5.41 Å². The molecule has 0 aromatic carbocycles. The molecule has 1 heterocycles. The molecule has 0 spiro atoms. The van der Waals surface area contributed by atoms with Crippen LogP contribution in [0.25, 0.3) is 0 Å². The number of carbonyl (C=O) groups is 1. The summed E-state index contributed by atoms with van der Waals surface area (Å²) in [6.07, 6.45) is 6.00. The summed E-state index contributed by atoms with van der Waals surface area (Å²) in [4.78, 5) is 17.8. The zero-order valence-corrected chi connectivity index (χ0v) is 10.1. The summed E-state index contributed by atoms with van der Waals surface area (Å²) in [6.45, 7) is 0.648. The number of likely N-dealkylation sites (N-methyl/N-ethyl adjacent to an activating group) is 1. The van der Waals surface area contributed by atoms with Crippen molar-refractivity contribution in [2.75, 3.05) is 20.2 Å². The van der Waals surface area contributed by atoms with Gasteiger partial charge in [-0.05, 0) is 30.9 Å². The third-order valence-electron chi connectivity index (χ3n) is 3.42. The second kappa shape index (κ2) is 4.84. The predicted octanol–water partition coefficient (Wildman–Crippen LogP) is 0.855. The highest BCUT2D eigenvalue weighted by Gasteiger charge is 2.50. The molecule has 1 aromatic rings. The van der Waals surface area contributed by atoms with E-state index in [-0.39, 0.29) is 12.5 Å². The Labute approximate surface area is 101 Å². The Morgan fingerprint density at radius 1 is 1.59 bits per heavy atom. The molecular formula is C13H18N2O2. The summed E-state index contributed by atoms with van der Waals surface area (Å²) >= 11 is 0. The average molecular weight is 234 g/mol. The first-order chi connectivity index (χ1) is 8.18. The summed E-state index contributed by atoms with van der Waals surface area (Å²) in [5.41, 5.74) is 0.671.